The van der Waals surface area contributed by atoms with Gasteiger partial charge in [0.05, 0.1) is 22.5 Å². The Morgan fingerprint density at radius 3 is 2.14 bits per heavy atom. The van der Waals surface area contributed by atoms with E-state index in [1.807, 2.05) is 19.1 Å². The quantitative estimate of drug-likeness (QED) is 0.505. The highest BCUT2D eigenvalue weighted by Crippen LogP contribution is 2.36. The summed E-state index contributed by atoms with van der Waals surface area (Å²) in [5.41, 5.74) is 0.0481. The van der Waals surface area contributed by atoms with E-state index in [0.717, 1.165) is 24.0 Å². The van der Waals surface area contributed by atoms with Crippen molar-refractivity contribution in [1.29, 1.82) is 0 Å². The van der Waals surface area contributed by atoms with E-state index in [0.29, 0.717) is 15.9 Å². The molecule has 0 heterocycles. The average Bonchev–Trinajstić information content (AvgIpc) is 2.75. The number of hydrogen-bond acceptors (Lipinski definition) is 4. The number of hydrogen-bond donors (Lipinski definition) is 1. The lowest BCUT2D eigenvalue weighted by molar-refractivity contribution is -0.139. The van der Waals surface area contributed by atoms with Gasteiger partial charge in [0.25, 0.3) is 0 Å². The molecule has 0 aliphatic heterocycles. The van der Waals surface area contributed by atoms with Crippen molar-refractivity contribution in [3.05, 3.63) is 64.2 Å². The van der Waals surface area contributed by atoms with E-state index < -0.39 is 51.9 Å². The van der Waals surface area contributed by atoms with Gasteiger partial charge in [-0.3, -0.25) is 13.9 Å². The lowest BCUT2D eigenvalue weighted by Gasteiger charge is -2.32. The molecule has 0 fully saturated rings. The third-order valence-electron chi connectivity index (χ3n) is 5.29. The van der Waals surface area contributed by atoms with Crippen molar-refractivity contribution < 1.29 is 31.2 Å². The van der Waals surface area contributed by atoms with Crippen LogP contribution in [-0.2, 0) is 32.3 Å². The molecular weight excluding hydrogens is 519 g/mol. The predicted octanol–water partition coefficient (Wildman–Crippen LogP) is 4.38. The van der Waals surface area contributed by atoms with Crippen molar-refractivity contribution in [1.82, 2.24) is 10.2 Å². The molecule has 0 spiro atoms. The van der Waals surface area contributed by atoms with Crippen molar-refractivity contribution >= 4 is 39.1 Å². The van der Waals surface area contributed by atoms with Crippen LogP contribution in [0.5, 0.6) is 0 Å². The van der Waals surface area contributed by atoms with Crippen LogP contribution in [0.3, 0.4) is 0 Å². The van der Waals surface area contributed by atoms with Crippen LogP contribution in [0.2, 0.25) is 5.02 Å². The Bertz CT molecular complexity index is 1200. The molecule has 0 unspecified atom stereocenters. The molecule has 12 heteroatoms. The van der Waals surface area contributed by atoms with Gasteiger partial charge in [-0.05, 0) is 51.5 Å². The molecule has 2 aromatic carbocycles. The number of nitrogens with zero attached hydrogens (tertiary/aromatic N) is 2. The molecule has 0 aromatic heterocycles. The molecule has 1 N–H and O–H groups in total. The number of benzene rings is 2. The highest BCUT2D eigenvalue weighted by molar-refractivity contribution is 7.92. The zero-order chi connectivity index (χ0) is 27.4. The minimum absolute atomic E-state index is 0.0281. The number of carbonyl (C=O) groups is 2. The van der Waals surface area contributed by atoms with E-state index in [1.165, 1.54) is 11.8 Å². The van der Waals surface area contributed by atoms with E-state index in [9.17, 15) is 31.2 Å². The minimum Gasteiger partial charge on any atom is -0.352 e. The number of sulfonamides is 1. The Labute approximate surface area is 214 Å². The van der Waals surface area contributed by atoms with Gasteiger partial charge < -0.3 is 10.2 Å². The predicted molar refractivity (Wildman–Crippen MR) is 133 cm³/mol. The van der Waals surface area contributed by atoms with Crippen molar-refractivity contribution in [2.45, 2.75) is 52.5 Å². The maximum absolute atomic E-state index is 13.4. The summed E-state index contributed by atoms with van der Waals surface area (Å²) < 4.78 is 65.6. The Balaban J connectivity index is 2.49. The molecule has 36 heavy (non-hydrogen) atoms. The molecule has 0 saturated heterocycles. The van der Waals surface area contributed by atoms with Crippen LogP contribution in [0.1, 0.15) is 37.5 Å². The van der Waals surface area contributed by atoms with E-state index in [-0.39, 0.29) is 17.6 Å². The molecule has 2 amide bonds. The van der Waals surface area contributed by atoms with Gasteiger partial charge in [-0.1, -0.05) is 41.4 Å². The number of rotatable bonds is 9. The van der Waals surface area contributed by atoms with Gasteiger partial charge in [-0.15, -0.1) is 0 Å². The zero-order valence-electron chi connectivity index (χ0n) is 20.6. The van der Waals surface area contributed by atoms with Crippen molar-refractivity contribution in [3.8, 4) is 0 Å². The number of alkyl halides is 3. The Morgan fingerprint density at radius 2 is 1.64 bits per heavy atom. The Hall–Kier alpha value is -2.79. The maximum atomic E-state index is 13.4. The van der Waals surface area contributed by atoms with Crippen LogP contribution in [0, 0.1) is 6.92 Å². The van der Waals surface area contributed by atoms with Crippen LogP contribution >= 0.6 is 11.6 Å². The second-order valence-electron chi connectivity index (χ2n) is 8.78. The van der Waals surface area contributed by atoms with E-state index in [4.69, 9.17) is 11.6 Å². The van der Waals surface area contributed by atoms with Gasteiger partial charge in [0.2, 0.25) is 21.8 Å². The largest absolute Gasteiger partial charge is 0.416 e. The minimum atomic E-state index is -4.76. The summed E-state index contributed by atoms with van der Waals surface area (Å²) in [7, 11) is -4.24. The van der Waals surface area contributed by atoms with Gasteiger partial charge in [-0.25, -0.2) is 8.42 Å². The van der Waals surface area contributed by atoms with E-state index in [1.54, 1.807) is 26.0 Å². The number of nitrogens with one attached hydrogen (secondary N) is 1. The first-order chi connectivity index (χ1) is 16.5. The van der Waals surface area contributed by atoms with Crippen molar-refractivity contribution in [2.24, 2.45) is 0 Å². The number of halogens is 4. The van der Waals surface area contributed by atoms with Crippen LogP contribution < -0.4 is 9.62 Å². The summed E-state index contributed by atoms with van der Waals surface area (Å²) in [5.74, 6) is -1.26. The van der Waals surface area contributed by atoms with Gasteiger partial charge in [0.1, 0.15) is 12.6 Å². The standard InChI is InChI=1S/C24H29ClF3N3O4S/c1-15(2)29-23(33)17(4)30(13-18-8-6-16(3)7-9-18)22(32)14-31(36(5,34)35)21-12-19(24(26,27)28)10-11-20(21)25/h6-12,15,17H,13-14H2,1-5H3,(H,29,33)/t17-/m1/s1. The number of amides is 2. The highest BCUT2D eigenvalue weighted by atomic mass is 35.5. The zero-order valence-corrected chi connectivity index (χ0v) is 22.1. The molecule has 2 aromatic rings. The lowest BCUT2D eigenvalue weighted by Crippen LogP contribution is -2.52. The molecule has 0 saturated carbocycles. The molecule has 1 atom stereocenters. The number of carbonyl (C=O) groups excluding carboxylic acids is 2. The third-order valence-corrected chi connectivity index (χ3v) is 6.74. The SMILES string of the molecule is Cc1ccc(CN(C(=O)CN(c2cc(C(F)(F)F)ccc2Cl)S(C)(=O)=O)[C@H](C)C(=O)NC(C)C)cc1. The summed E-state index contributed by atoms with van der Waals surface area (Å²) in [4.78, 5) is 27.3. The summed E-state index contributed by atoms with van der Waals surface area (Å²) in [6, 6.07) is 8.18. The molecule has 7 nitrogen and oxygen atoms in total. The van der Waals surface area contributed by atoms with Crippen LogP contribution in [0.4, 0.5) is 18.9 Å². The molecule has 0 aliphatic rings. The Kier molecular flexibility index (Phi) is 9.41. The van der Waals surface area contributed by atoms with Crippen LogP contribution in [0.25, 0.3) is 0 Å². The molecule has 198 valence electrons. The van der Waals surface area contributed by atoms with Gasteiger partial charge in [-0.2, -0.15) is 13.2 Å². The second kappa shape index (κ2) is 11.5. The smallest absolute Gasteiger partial charge is 0.352 e. The van der Waals surface area contributed by atoms with Gasteiger partial charge >= 0.3 is 6.18 Å². The summed E-state index contributed by atoms with van der Waals surface area (Å²) in [5, 5.41) is 2.43. The first-order valence-corrected chi connectivity index (χ1v) is 13.2. The van der Waals surface area contributed by atoms with Crippen LogP contribution in [0.15, 0.2) is 42.5 Å². The lowest BCUT2D eigenvalue weighted by atomic mass is 10.1. The molecule has 0 radical (unpaired) electrons. The van der Waals surface area contributed by atoms with E-state index >= 15 is 0 Å². The van der Waals surface area contributed by atoms with Gasteiger partial charge in [0, 0.05) is 12.6 Å². The summed E-state index contributed by atoms with van der Waals surface area (Å²) >= 11 is 6.06. The second-order valence-corrected chi connectivity index (χ2v) is 11.1. The topological polar surface area (TPSA) is 86.8 Å². The molecule has 0 aliphatic carbocycles. The maximum Gasteiger partial charge on any atom is 0.416 e. The Morgan fingerprint density at radius 1 is 1.06 bits per heavy atom. The first-order valence-electron chi connectivity index (χ1n) is 11.0. The molecule has 2 rings (SSSR count). The first kappa shape index (κ1) is 29.4. The fourth-order valence-corrected chi connectivity index (χ4v) is 4.48. The summed E-state index contributed by atoms with van der Waals surface area (Å²) in [6.45, 7) is 5.99. The normalized spacial score (nSPS) is 12.8. The number of aryl methyl sites for hydroxylation is 1. The monoisotopic (exact) mass is 547 g/mol. The van der Waals surface area contributed by atoms with Crippen LogP contribution in [-0.4, -0.2) is 50.0 Å². The number of anilines is 1. The van der Waals surface area contributed by atoms with Crippen molar-refractivity contribution in [3.63, 3.8) is 0 Å². The average molecular weight is 548 g/mol. The van der Waals surface area contributed by atoms with Gasteiger partial charge in [0.15, 0.2) is 0 Å². The fraction of sp³-hybridized carbons (Fsp3) is 0.417. The van der Waals surface area contributed by atoms with E-state index in [2.05, 4.69) is 5.32 Å². The molecular formula is C24H29ClF3N3O4S. The summed E-state index contributed by atoms with van der Waals surface area (Å²) in [6.07, 6.45) is -4.00. The highest BCUT2D eigenvalue weighted by Gasteiger charge is 2.34. The van der Waals surface area contributed by atoms with Crippen molar-refractivity contribution in [2.75, 3.05) is 17.1 Å². The fourth-order valence-electron chi connectivity index (χ4n) is 3.35. The third kappa shape index (κ3) is 7.86. The molecule has 0 bridgehead atoms.